The van der Waals surface area contributed by atoms with Gasteiger partial charge in [-0.1, -0.05) is 35.9 Å². The number of para-hydroxylation sites is 1. The van der Waals surface area contributed by atoms with Gasteiger partial charge in [0.1, 0.15) is 0 Å². The predicted octanol–water partition coefficient (Wildman–Crippen LogP) is 3.20. The van der Waals surface area contributed by atoms with Crippen molar-refractivity contribution in [2.75, 3.05) is 24.0 Å². The number of hydrogen-bond donors (Lipinski definition) is 0. The Bertz CT molecular complexity index is 1080. The summed E-state index contributed by atoms with van der Waals surface area (Å²) in [5.74, 6) is -0.458. The number of anilines is 2. The van der Waals surface area contributed by atoms with Gasteiger partial charge < -0.3 is 14.5 Å². The number of aryl methyl sites for hydroxylation is 1. The number of amides is 3. The molecule has 7 heteroatoms. The normalized spacial score (nSPS) is 26.6. The van der Waals surface area contributed by atoms with Crippen molar-refractivity contribution in [3.8, 4) is 0 Å². The molecule has 31 heavy (non-hydrogen) atoms. The molecule has 3 aliphatic rings. The monoisotopic (exact) mass is 419 g/mol. The van der Waals surface area contributed by atoms with Crippen molar-refractivity contribution in [1.29, 1.82) is 0 Å². The van der Waals surface area contributed by atoms with E-state index in [-0.39, 0.29) is 30.4 Å². The third-order valence-electron chi connectivity index (χ3n) is 7.02. The minimum absolute atomic E-state index is 0.0824. The van der Waals surface area contributed by atoms with Gasteiger partial charge in [-0.15, -0.1) is 0 Å². The van der Waals surface area contributed by atoms with Crippen LogP contribution >= 0.6 is 0 Å². The van der Waals surface area contributed by atoms with Gasteiger partial charge in [0.2, 0.25) is 0 Å². The summed E-state index contributed by atoms with van der Waals surface area (Å²) in [7, 11) is 3.11. The number of ether oxygens (including phenoxy) is 1. The SMILES string of the molecule is COC(=O)C[C@H]1[C@@H]2CC[C@]3(C(=O)N(C)c4ccccc43)N2C(=O)N1c1ccc(C)cc1. The van der Waals surface area contributed by atoms with E-state index in [1.54, 1.807) is 21.7 Å². The van der Waals surface area contributed by atoms with Gasteiger partial charge in [0.05, 0.1) is 25.6 Å². The highest BCUT2D eigenvalue weighted by Gasteiger charge is 2.66. The Morgan fingerprint density at radius 2 is 1.84 bits per heavy atom. The lowest BCUT2D eigenvalue weighted by atomic mass is 9.88. The molecule has 2 aromatic carbocycles. The van der Waals surface area contributed by atoms with Crippen LogP contribution in [0.1, 0.15) is 30.4 Å². The molecule has 2 aromatic rings. The van der Waals surface area contributed by atoms with Crippen molar-refractivity contribution in [3.63, 3.8) is 0 Å². The zero-order valence-corrected chi connectivity index (χ0v) is 17.9. The zero-order valence-electron chi connectivity index (χ0n) is 17.9. The van der Waals surface area contributed by atoms with Crippen LogP contribution in [0.25, 0.3) is 0 Å². The molecule has 3 amide bonds. The highest BCUT2D eigenvalue weighted by atomic mass is 16.5. The van der Waals surface area contributed by atoms with Gasteiger partial charge in [0, 0.05) is 24.0 Å². The Balaban J connectivity index is 1.64. The molecule has 2 saturated heterocycles. The molecule has 3 atom stereocenters. The van der Waals surface area contributed by atoms with Crippen LogP contribution in [0, 0.1) is 6.92 Å². The van der Waals surface area contributed by atoms with Crippen LogP contribution in [0.4, 0.5) is 16.2 Å². The minimum Gasteiger partial charge on any atom is -0.469 e. The van der Waals surface area contributed by atoms with Crippen molar-refractivity contribution >= 4 is 29.3 Å². The number of nitrogens with zero attached hydrogens (tertiary/aromatic N) is 3. The van der Waals surface area contributed by atoms with Crippen LogP contribution in [0.3, 0.4) is 0 Å². The Kier molecular flexibility index (Phi) is 4.32. The highest BCUT2D eigenvalue weighted by molar-refractivity contribution is 6.11. The number of fused-ring (bicyclic) bond motifs is 4. The van der Waals surface area contributed by atoms with Crippen molar-refractivity contribution in [2.45, 2.75) is 43.8 Å². The summed E-state index contributed by atoms with van der Waals surface area (Å²) in [5, 5.41) is 0. The number of carbonyl (C=O) groups excluding carboxylic acids is 3. The number of rotatable bonds is 3. The average Bonchev–Trinajstić information content (AvgIpc) is 3.37. The first-order valence-corrected chi connectivity index (χ1v) is 10.5. The first-order valence-electron chi connectivity index (χ1n) is 10.5. The number of methoxy groups -OCH3 is 1. The van der Waals surface area contributed by atoms with Gasteiger partial charge in [0.15, 0.2) is 5.54 Å². The maximum atomic E-state index is 13.9. The van der Waals surface area contributed by atoms with E-state index in [4.69, 9.17) is 4.74 Å². The molecule has 0 aliphatic carbocycles. The summed E-state index contributed by atoms with van der Waals surface area (Å²) >= 11 is 0. The van der Waals surface area contributed by atoms with E-state index in [0.29, 0.717) is 12.8 Å². The van der Waals surface area contributed by atoms with E-state index < -0.39 is 11.6 Å². The predicted molar refractivity (Wildman–Crippen MR) is 116 cm³/mol. The molecule has 3 aliphatic heterocycles. The van der Waals surface area contributed by atoms with E-state index in [9.17, 15) is 14.4 Å². The molecule has 0 radical (unpaired) electrons. The maximum Gasteiger partial charge on any atom is 0.326 e. The molecular formula is C24H25N3O4. The Labute approximate surface area is 181 Å². The van der Waals surface area contributed by atoms with Gasteiger partial charge in [-0.3, -0.25) is 14.5 Å². The van der Waals surface area contributed by atoms with Crippen LogP contribution in [-0.4, -0.2) is 49.0 Å². The van der Waals surface area contributed by atoms with Gasteiger partial charge in [-0.25, -0.2) is 4.79 Å². The van der Waals surface area contributed by atoms with Crippen LogP contribution in [0.5, 0.6) is 0 Å². The molecule has 0 N–H and O–H groups in total. The summed E-state index contributed by atoms with van der Waals surface area (Å²) in [4.78, 5) is 44.8. The van der Waals surface area contributed by atoms with Crippen LogP contribution in [0.15, 0.2) is 48.5 Å². The molecule has 0 aromatic heterocycles. The zero-order chi connectivity index (χ0) is 21.9. The van der Waals surface area contributed by atoms with E-state index in [2.05, 4.69) is 0 Å². The van der Waals surface area contributed by atoms with Crippen molar-refractivity contribution in [1.82, 2.24) is 4.90 Å². The third-order valence-corrected chi connectivity index (χ3v) is 7.02. The fourth-order valence-corrected chi connectivity index (χ4v) is 5.57. The highest BCUT2D eigenvalue weighted by Crippen LogP contribution is 2.55. The summed E-state index contributed by atoms with van der Waals surface area (Å²) in [6, 6.07) is 14.5. The van der Waals surface area contributed by atoms with Crippen molar-refractivity contribution < 1.29 is 19.1 Å². The summed E-state index contributed by atoms with van der Waals surface area (Å²) in [6.07, 6.45) is 1.27. The van der Waals surface area contributed by atoms with Crippen LogP contribution in [-0.2, 0) is 19.9 Å². The molecule has 0 saturated carbocycles. The lowest BCUT2D eigenvalue weighted by Crippen LogP contribution is -2.52. The van der Waals surface area contributed by atoms with E-state index in [1.165, 1.54) is 7.11 Å². The number of benzene rings is 2. The fraction of sp³-hybridized carbons (Fsp3) is 0.375. The number of hydrogen-bond acceptors (Lipinski definition) is 4. The average molecular weight is 419 g/mol. The standard InChI is InChI=1S/C24H25N3O4/c1-15-8-10-16(11-9-15)26-20(14-21(28)31-3)19-12-13-24(27(19)23(26)30)17-6-4-5-7-18(17)25(2)22(24)29/h4-11,19-20H,12-14H2,1-3H3/t19-,20-,24-/m0/s1. The Morgan fingerprint density at radius 3 is 2.55 bits per heavy atom. The summed E-state index contributed by atoms with van der Waals surface area (Å²) in [6.45, 7) is 1.98. The van der Waals surface area contributed by atoms with E-state index in [0.717, 1.165) is 22.5 Å². The number of carbonyl (C=O) groups is 3. The summed E-state index contributed by atoms with van der Waals surface area (Å²) < 4.78 is 4.94. The number of esters is 1. The molecule has 2 fully saturated rings. The number of likely N-dealkylation sites (N-methyl/N-ethyl adjacent to an activating group) is 1. The molecule has 7 nitrogen and oxygen atoms in total. The largest absolute Gasteiger partial charge is 0.469 e. The molecule has 3 heterocycles. The Hall–Kier alpha value is -3.35. The number of urea groups is 1. The minimum atomic E-state index is -1.03. The smallest absolute Gasteiger partial charge is 0.326 e. The molecular weight excluding hydrogens is 394 g/mol. The van der Waals surface area contributed by atoms with E-state index >= 15 is 0 Å². The Morgan fingerprint density at radius 1 is 1.13 bits per heavy atom. The molecule has 160 valence electrons. The second-order valence-electron chi connectivity index (χ2n) is 8.55. The summed E-state index contributed by atoms with van der Waals surface area (Å²) in [5.41, 5.74) is 2.47. The topological polar surface area (TPSA) is 70.2 Å². The first-order chi connectivity index (χ1) is 14.9. The first kappa shape index (κ1) is 19.6. The fourth-order valence-electron chi connectivity index (χ4n) is 5.57. The van der Waals surface area contributed by atoms with Gasteiger partial charge in [0.25, 0.3) is 5.91 Å². The van der Waals surface area contributed by atoms with Crippen molar-refractivity contribution in [2.24, 2.45) is 0 Å². The van der Waals surface area contributed by atoms with Crippen molar-refractivity contribution in [3.05, 3.63) is 59.7 Å². The maximum absolute atomic E-state index is 13.9. The molecule has 0 bridgehead atoms. The van der Waals surface area contributed by atoms with Crippen LogP contribution < -0.4 is 9.80 Å². The lowest BCUT2D eigenvalue weighted by molar-refractivity contribution is -0.141. The van der Waals surface area contributed by atoms with Gasteiger partial charge >= 0.3 is 12.0 Å². The van der Waals surface area contributed by atoms with Gasteiger partial charge in [-0.2, -0.15) is 0 Å². The molecule has 1 spiro atoms. The second-order valence-corrected chi connectivity index (χ2v) is 8.55. The molecule has 5 rings (SSSR count). The van der Waals surface area contributed by atoms with E-state index in [1.807, 2.05) is 55.5 Å². The quantitative estimate of drug-likeness (QED) is 0.717. The second kappa shape index (κ2) is 6.83. The van der Waals surface area contributed by atoms with Crippen LogP contribution in [0.2, 0.25) is 0 Å². The molecule has 0 unspecified atom stereocenters. The van der Waals surface area contributed by atoms with Gasteiger partial charge in [-0.05, 0) is 38.0 Å². The lowest BCUT2D eigenvalue weighted by Gasteiger charge is -2.33. The third kappa shape index (κ3) is 2.55.